The van der Waals surface area contributed by atoms with Gasteiger partial charge in [-0.2, -0.15) is 4.98 Å². The van der Waals surface area contributed by atoms with Gasteiger partial charge in [0.25, 0.3) is 0 Å². The summed E-state index contributed by atoms with van der Waals surface area (Å²) in [7, 11) is 0. The average Bonchev–Trinajstić information content (AvgIpc) is 2.83. The lowest BCUT2D eigenvalue weighted by molar-refractivity contribution is 0.533. The summed E-state index contributed by atoms with van der Waals surface area (Å²) in [5.74, 6) is 0.514. The number of benzene rings is 1. The Kier molecular flexibility index (Phi) is 2.80. The van der Waals surface area contributed by atoms with E-state index in [-0.39, 0.29) is 6.54 Å². The van der Waals surface area contributed by atoms with Gasteiger partial charge in [0, 0.05) is 5.56 Å². The fraction of sp³-hybridized carbons (Fsp3) is 0.200. The van der Waals surface area contributed by atoms with Crippen LogP contribution in [0.15, 0.2) is 34.7 Å². The monoisotopic (exact) mass is 253 g/mol. The van der Waals surface area contributed by atoms with Crippen molar-refractivity contribution in [2.75, 3.05) is 0 Å². The molecule has 2 aromatic heterocycles. The molecule has 19 heavy (non-hydrogen) atoms. The molecule has 0 saturated carbocycles. The van der Waals surface area contributed by atoms with Crippen molar-refractivity contribution in [1.82, 2.24) is 9.97 Å². The highest BCUT2D eigenvalue weighted by molar-refractivity contribution is 5.73. The first-order valence-corrected chi connectivity index (χ1v) is 6.21. The SMILES string of the molecule is Cc1ccc(-c2ccc3oc(CN)nc3n2)cc1C. The first kappa shape index (κ1) is 11.9. The van der Waals surface area contributed by atoms with Gasteiger partial charge in [0.05, 0.1) is 12.2 Å². The maximum Gasteiger partial charge on any atom is 0.210 e. The number of oxazole rings is 1. The topological polar surface area (TPSA) is 64.9 Å². The molecule has 4 nitrogen and oxygen atoms in total. The summed E-state index contributed by atoms with van der Waals surface area (Å²) in [5, 5.41) is 0. The lowest BCUT2D eigenvalue weighted by atomic mass is 10.0. The number of pyridine rings is 1. The Morgan fingerprint density at radius 2 is 1.89 bits per heavy atom. The van der Waals surface area contributed by atoms with E-state index >= 15 is 0 Å². The predicted octanol–water partition coefficient (Wildman–Crippen LogP) is 2.97. The third-order valence-electron chi connectivity index (χ3n) is 3.27. The van der Waals surface area contributed by atoms with Crippen molar-refractivity contribution in [1.29, 1.82) is 0 Å². The highest BCUT2D eigenvalue weighted by Crippen LogP contribution is 2.23. The van der Waals surface area contributed by atoms with Gasteiger partial charge in [0.15, 0.2) is 11.2 Å². The van der Waals surface area contributed by atoms with E-state index in [1.165, 1.54) is 11.1 Å². The van der Waals surface area contributed by atoms with Crippen molar-refractivity contribution in [3.63, 3.8) is 0 Å². The molecule has 0 bridgehead atoms. The van der Waals surface area contributed by atoms with Crippen molar-refractivity contribution < 1.29 is 4.42 Å². The number of hydrogen-bond acceptors (Lipinski definition) is 4. The Bertz CT molecular complexity index is 746. The third kappa shape index (κ3) is 2.11. The Balaban J connectivity index is 2.11. The molecule has 0 spiro atoms. The number of hydrogen-bond donors (Lipinski definition) is 1. The highest BCUT2D eigenvalue weighted by Gasteiger charge is 2.08. The van der Waals surface area contributed by atoms with Gasteiger partial charge in [0.2, 0.25) is 5.89 Å². The van der Waals surface area contributed by atoms with Crippen LogP contribution in [0.4, 0.5) is 0 Å². The van der Waals surface area contributed by atoms with Gasteiger partial charge >= 0.3 is 0 Å². The molecule has 3 rings (SSSR count). The molecule has 4 heteroatoms. The third-order valence-corrected chi connectivity index (χ3v) is 3.27. The Morgan fingerprint density at radius 1 is 1.05 bits per heavy atom. The van der Waals surface area contributed by atoms with Crippen molar-refractivity contribution >= 4 is 11.2 Å². The normalized spacial score (nSPS) is 11.1. The molecule has 0 fully saturated rings. The molecule has 2 heterocycles. The zero-order valence-corrected chi connectivity index (χ0v) is 11.0. The Morgan fingerprint density at radius 3 is 2.63 bits per heavy atom. The van der Waals surface area contributed by atoms with Crippen LogP contribution in [0, 0.1) is 13.8 Å². The van der Waals surface area contributed by atoms with E-state index in [9.17, 15) is 0 Å². The second kappa shape index (κ2) is 4.48. The number of aromatic nitrogens is 2. The first-order valence-electron chi connectivity index (χ1n) is 6.21. The number of nitrogens with zero attached hydrogens (tertiary/aromatic N) is 2. The van der Waals surface area contributed by atoms with Gasteiger partial charge in [-0.05, 0) is 43.2 Å². The van der Waals surface area contributed by atoms with Crippen LogP contribution in [0.2, 0.25) is 0 Å². The van der Waals surface area contributed by atoms with E-state index in [0.717, 1.165) is 11.3 Å². The minimum absolute atomic E-state index is 0.287. The molecule has 0 atom stereocenters. The van der Waals surface area contributed by atoms with Gasteiger partial charge in [-0.15, -0.1) is 0 Å². The number of rotatable bonds is 2. The standard InChI is InChI=1S/C15H15N3O/c1-9-3-4-11(7-10(9)2)12-5-6-13-15(17-12)18-14(8-16)19-13/h3-7H,8,16H2,1-2H3. The molecule has 0 radical (unpaired) electrons. The lowest BCUT2D eigenvalue weighted by Gasteiger charge is -2.04. The Labute approximate surface area is 111 Å². The van der Waals surface area contributed by atoms with Gasteiger partial charge in [0.1, 0.15) is 0 Å². The molecular formula is C15H15N3O. The van der Waals surface area contributed by atoms with Crippen LogP contribution in [0.25, 0.3) is 22.5 Å². The zero-order chi connectivity index (χ0) is 13.4. The second-order valence-corrected chi connectivity index (χ2v) is 4.63. The van der Waals surface area contributed by atoms with E-state index in [0.29, 0.717) is 17.1 Å². The quantitative estimate of drug-likeness (QED) is 0.762. The lowest BCUT2D eigenvalue weighted by Crippen LogP contribution is -1.95. The fourth-order valence-electron chi connectivity index (χ4n) is 2.01. The second-order valence-electron chi connectivity index (χ2n) is 4.63. The summed E-state index contributed by atoms with van der Waals surface area (Å²) in [6.45, 7) is 4.48. The van der Waals surface area contributed by atoms with Gasteiger partial charge in [-0.25, -0.2) is 4.98 Å². The summed E-state index contributed by atoms with van der Waals surface area (Å²) in [5.41, 5.74) is 11.3. The van der Waals surface area contributed by atoms with Crippen LogP contribution in [-0.2, 0) is 6.54 Å². The smallest absolute Gasteiger partial charge is 0.210 e. The molecule has 1 aromatic carbocycles. The van der Waals surface area contributed by atoms with Crippen LogP contribution in [-0.4, -0.2) is 9.97 Å². The van der Waals surface area contributed by atoms with Crippen molar-refractivity contribution in [3.05, 3.63) is 47.3 Å². The predicted molar refractivity (Wildman–Crippen MR) is 74.6 cm³/mol. The number of nitrogens with two attached hydrogens (primary N) is 1. The molecule has 2 N–H and O–H groups in total. The highest BCUT2D eigenvalue weighted by atomic mass is 16.3. The molecule has 96 valence electrons. The molecule has 0 aliphatic carbocycles. The van der Waals surface area contributed by atoms with E-state index in [2.05, 4.69) is 42.0 Å². The van der Waals surface area contributed by atoms with E-state index in [1.807, 2.05) is 12.1 Å². The summed E-state index contributed by atoms with van der Waals surface area (Å²) >= 11 is 0. The van der Waals surface area contributed by atoms with Gasteiger partial charge in [-0.1, -0.05) is 12.1 Å². The zero-order valence-electron chi connectivity index (χ0n) is 11.0. The van der Waals surface area contributed by atoms with Crippen LogP contribution >= 0.6 is 0 Å². The molecular weight excluding hydrogens is 238 g/mol. The maximum atomic E-state index is 5.52. The molecule has 3 aromatic rings. The van der Waals surface area contributed by atoms with E-state index in [4.69, 9.17) is 10.2 Å². The minimum atomic E-state index is 0.287. The average molecular weight is 253 g/mol. The number of fused-ring (bicyclic) bond motifs is 1. The van der Waals surface area contributed by atoms with Crippen LogP contribution in [0.3, 0.4) is 0 Å². The summed E-state index contributed by atoms with van der Waals surface area (Å²) < 4.78 is 5.45. The largest absolute Gasteiger partial charge is 0.438 e. The summed E-state index contributed by atoms with van der Waals surface area (Å²) in [6, 6.07) is 10.1. The van der Waals surface area contributed by atoms with Crippen molar-refractivity contribution in [3.8, 4) is 11.3 Å². The number of aryl methyl sites for hydroxylation is 2. The van der Waals surface area contributed by atoms with E-state index in [1.54, 1.807) is 0 Å². The molecule has 0 aliphatic heterocycles. The van der Waals surface area contributed by atoms with Crippen LogP contribution in [0.5, 0.6) is 0 Å². The molecule has 0 saturated heterocycles. The maximum absolute atomic E-state index is 5.52. The molecule has 0 unspecified atom stereocenters. The Hall–Kier alpha value is -2.20. The molecule has 0 aliphatic rings. The van der Waals surface area contributed by atoms with Gasteiger partial charge in [-0.3, -0.25) is 0 Å². The van der Waals surface area contributed by atoms with Crippen LogP contribution < -0.4 is 5.73 Å². The first-order chi connectivity index (χ1) is 9.17. The fourth-order valence-corrected chi connectivity index (χ4v) is 2.01. The van der Waals surface area contributed by atoms with Crippen molar-refractivity contribution in [2.24, 2.45) is 5.73 Å². The summed E-state index contributed by atoms with van der Waals surface area (Å²) in [4.78, 5) is 8.78. The summed E-state index contributed by atoms with van der Waals surface area (Å²) in [6.07, 6.45) is 0. The molecule has 0 amide bonds. The van der Waals surface area contributed by atoms with Crippen LogP contribution in [0.1, 0.15) is 17.0 Å². The van der Waals surface area contributed by atoms with E-state index < -0.39 is 0 Å². The minimum Gasteiger partial charge on any atom is -0.438 e. The van der Waals surface area contributed by atoms with Crippen molar-refractivity contribution in [2.45, 2.75) is 20.4 Å². The van der Waals surface area contributed by atoms with Gasteiger partial charge < -0.3 is 10.2 Å².